The SMILES string of the molecule is O=C(O)C(CCO)Cc1cccc(Cl)c1. The Morgan fingerprint density at radius 1 is 1.47 bits per heavy atom. The van der Waals surface area contributed by atoms with E-state index in [1.807, 2.05) is 6.07 Å². The van der Waals surface area contributed by atoms with Crippen LogP contribution in [0, 0.1) is 5.92 Å². The van der Waals surface area contributed by atoms with Crippen molar-refractivity contribution < 1.29 is 15.0 Å². The van der Waals surface area contributed by atoms with Crippen LogP contribution >= 0.6 is 11.6 Å². The maximum atomic E-state index is 10.8. The molecule has 1 aromatic carbocycles. The molecule has 0 fully saturated rings. The molecule has 0 aliphatic carbocycles. The minimum atomic E-state index is -0.885. The van der Waals surface area contributed by atoms with Gasteiger partial charge in [0, 0.05) is 11.6 Å². The van der Waals surface area contributed by atoms with Crippen molar-refractivity contribution in [3.63, 3.8) is 0 Å². The molecule has 82 valence electrons. The number of benzene rings is 1. The third kappa shape index (κ3) is 3.90. The van der Waals surface area contributed by atoms with Crippen LogP contribution in [0.1, 0.15) is 12.0 Å². The van der Waals surface area contributed by atoms with E-state index < -0.39 is 11.9 Å². The van der Waals surface area contributed by atoms with Gasteiger partial charge in [-0.1, -0.05) is 23.7 Å². The highest BCUT2D eigenvalue weighted by molar-refractivity contribution is 6.30. The first-order chi connectivity index (χ1) is 7.13. The van der Waals surface area contributed by atoms with Gasteiger partial charge in [0.1, 0.15) is 0 Å². The summed E-state index contributed by atoms with van der Waals surface area (Å²) < 4.78 is 0. The molecular weight excluding hydrogens is 216 g/mol. The first-order valence-corrected chi connectivity index (χ1v) is 5.09. The average molecular weight is 229 g/mol. The van der Waals surface area contributed by atoms with Crippen molar-refractivity contribution in [2.45, 2.75) is 12.8 Å². The molecule has 0 heterocycles. The summed E-state index contributed by atoms with van der Waals surface area (Å²) in [4.78, 5) is 10.8. The molecule has 0 bridgehead atoms. The molecule has 2 N–H and O–H groups in total. The van der Waals surface area contributed by atoms with Gasteiger partial charge in [-0.15, -0.1) is 0 Å². The largest absolute Gasteiger partial charge is 0.481 e. The summed E-state index contributed by atoms with van der Waals surface area (Å²) in [5.41, 5.74) is 0.878. The maximum Gasteiger partial charge on any atom is 0.306 e. The lowest BCUT2D eigenvalue weighted by molar-refractivity contribution is -0.142. The molecule has 15 heavy (non-hydrogen) atoms. The van der Waals surface area contributed by atoms with Crippen LogP contribution in [-0.2, 0) is 11.2 Å². The Labute approximate surface area is 93.3 Å². The Bertz CT molecular complexity index is 338. The molecule has 0 saturated carbocycles. The fourth-order valence-corrected chi connectivity index (χ4v) is 1.63. The zero-order valence-corrected chi connectivity index (χ0v) is 8.94. The number of halogens is 1. The van der Waals surface area contributed by atoms with Crippen molar-refractivity contribution in [2.75, 3.05) is 6.61 Å². The van der Waals surface area contributed by atoms with Crippen LogP contribution in [0.15, 0.2) is 24.3 Å². The molecule has 0 spiro atoms. The van der Waals surface area contributed by atoms with Crippen molar-refractivity contribution >= 4 is 17.6 Å². The molecule has 0 aromatic heterocycles. The quantitative estimate of drug-likeness (QED) is 0.810. The fraction of sp³-hybridized carbons (Fsp3) is 0.364. The monoisotopic (exact) mass is 228 g/mol. The van der Waals surface area contributed by atoms with Gasteiger partial charge in [0.15, 0.2) is 0 Å². The molecule has 0 aliphatic heterocycles. The van der Waals surface area contributed by atoms with E-state index in [0.29, 0.717) is 11.4 Å². The van der Waals surface area contributed by atoms with Crippen molar-refractivity contribution in [3.05, 3.63) is 34.9 Å². The molecule has 1 unspecified atom stereocenters. The number of carboxylic acid groups (broad SMARTS) is 1. The van der Waals surface area contributed by atoms with Gasteiger partial charge in [-0.2, -0.15) is 0 Å². The first kappa shape index (κ1) is 12.0. The molecule has 0 amide bonds. The van der Waals surface area contributed by atoms with Crippen LogP contribution in [0.2, 0.25) is 5.02 Å². The van der Waals surface area contributed by atoms with Gasteiger partial charge in [0.25, 0.3) is 0 Å². The molecule has 0 radical (unpaired) electrons. The lowest BCUT2D eigenvalue weighted by Crippen LogP contribution is -2.17. The van der Waals surface area contributed by atoms with Gasteiger partial charge in [-0.05, 0) is 30.5 Å². The van der Waals surface area contributed by atoms with E-state index in [0.717, 1.165) is 5.56 Å². The predicted molar refractivity (Wildman–Crippen MR) is 58.0 cm³/mol. The van der Waals surface area contributed by atoms with Crippen molar-refractivity contribution in [2.24, 2.45) is 5.92 Å². The van der Waals surface area contributed by atoms with E-state index in [9.17, 15) is 4.79 Å². The summed E-state index contributed by atoms with van der Waals surface area (Å²) in [5.74, 6) is -1.43. The van der Waals surface area contributed by atoms with Crippen molar-refractivity contribution in [3.8, 4) is 0 Å². The van der Waals surface area contributed by atoms with Gasteiger partial charge < -0.3 is 10.2 Å². The van der Waals surface area contributed by atoms with Crippen molar-refractivity contribution in [1.82, 2.24) is 0 Å². The topological polar surface area (TPSA) is 57.5 Å². The zero-order valence-electron chi connectivity index (χ0n) is 8.19. The highest BCUT2D eigenvalue weighted by Crippen LogP contribution is 2.16. The van der Waals surface area contributed by atoms with E-state index >= 15 is 0 Å². The zero-order chi connectivity index (χ0) is 11.3. The summed E-state index contributed by atoms with van der Waals surface area (Å²) in [5, 5.41) is 18.2. The fourth-order valence-electron chi connectivity index (χ4n) is 1.42. The van der Waals surface area contributed by atoms with Crippen LogP contribution in [-0.4, -0.2) is 22.8 Å². The Hall–Kier alpha value is -1.06. The Morgan fingerprint density at radius 3 is 2.73 bits per heavy atom. The number of hydrogen-bond donors (Lipinski definition) is 2. The van der Waals surface area contributed by atoms with E-state index in [4.69, 9.17) is 21.8 Å². The third-order valence-corrected chi connectivity index (χ3v) is 2.43. The lowest BCUT2D eigenvalue weighted by Gasteiger charge is -2.10. The van der Waals surface area contributed by atoms with E-state index in [-0.39, 0.29) is 13.0 Å². The molecule has 4 heteroatoms. The second kappa shape index (κ2) is 5.73. The molecular formula is C11H13ClO3. The standard InChI is InChI=1S/C11H13ClO3/c12-10-3-1-2-8(7-10)6-9(4-5-13)11(14)15/h1-3,7,9,13H,4-6H2,(H,14,15). The molecule has 1 rings (SSSR count). The van der Waals surface area contributed by atoms with Crippen LogP contribution in [0.5, 0.6) is 0 Å². The van der Waals surface area contributed by atoms with Gasteiger partial charge in [0.05, 0.1) is 5.92 Å². The summed E-state index contributed by atoms with van der Waals surface area (Å²) >= 11 is 5.79. The number of hydrogen-bond acceptors (Lipinski definition) is 2. The van der Waals surface area contributed by atoms with E-state index in [1.165, 1.54) is 0 Å². The smallest absolute Gasteiger partial charge is 0.306 e. The predicted octanol–water partition coefficient (Wildman–Crippen LogP) is 1.97. The number of aliphatic hydroxyl groups is 1. The van der Waals surface area contributed by atoms with Crippen LogP contribution in [0.3, 0.4) is 0 Å². The van der Waals surface area contributed by atoms with Gasteiger partial charge in [-0.3, -0.25) is 4.79 Å². The van der Waals surface area contributed by atoms with Crippen molar-refractivity contribution in [1.29, 1.82) is 0 Å². The van der Waals surface area contributed by atoms with Crippen LogP contribution in [0.25, 0.3) is 0 Å². The number of carbonyl (C=O) groups is 1. The number of rotatable bonds is 5. The first-order valence-electron chi connectivity index (χ1n) is 4.71. The normalized spacial score (nSPS) is 12.4. The highest BCUT2D eigenvalue weighted by atomic mass is 35.5. The average Bonchev–Trinajstić information content (AvgIpc) is 2.17. The van der Waals surface area contributed by atoms with Gasteiger partial charge >= 0.3 is 5.97 Å². The summed E-state index contributed by atoms with van der Waals surface area (Å²) in [6.07, 6.45) is 0.665. The van der Waals surface area contributed by atoms with Gasteiger partial charge in [0.2, 0.25) is 0 Å². The van der Waals surface area contributed by atoms with Gasteiger partial charge in [-0.25, -0.2) is 0 Å². The third-order valence-electron chi connectivity index (χ3n) is 2.20. The number of carboxylic acids is 1. The Morgan fingerprint density at radius 2 is 2.20 bits per heavy atom. The highest BCUT2D eigenvalue weighted by Gasteiger charge is 2.17. The molecule has 3 nitrogen and oxygen atoms in total. The minimum Gasteiger partial charge on any atom is -0.481 e. The summed E-state index contributed by atoms with van der Waals surface area (Å²) in [7, 11) is 0. The molecule has 0 saturated heterocycles. The molecule has 1 aromatic rings. The minimum absolute atomic E-state index is 0.114. The Kier molecular flexibility index (Phi) is 4.59. The second-order valence-corrected chi connectivity index (χ2v) is 3.82. The summed E-state index contributed by atoms with van der Waals surface area (Å²) in [6.45, 7) is -0.114. The molecule has 0 aliphatic rings. The molecule has 1 atom stereocenters. The van der Waals surface area contributed by atoms with Crippen LogP contribution < -0.4 is 0 Å². The number of aliphatic hydroxyl groups excluding tert-OH is 1. The second-order valence-electron chi connectivity index (χ2n) is 3.38. The van der Waals surface area contributed by atoms with E-state index in [2.05, 4.69) is 0 Å². The number of aliphatic carboxylic acids is 1. The Balaban J connectivity index is 2.69. The lowest BCUT2D eigenvalue weighted by atomic mass is 9.97. The summed E-state index contributed by atoms with van der Waals surface area (Å²) in [6, 6.07) is 7.11. The van der Waals surface area contributed by atoms with Crippen LogP contribution in [0.4, 0.5) is 0 Å². The van der Waals surface area contributed by atoms with E-state index in [1.54, 1.807) is 18.2 Å². The maximum absolute atomic E-state index is 10.8.